The van der Waals surface area contributed by atoms with Gasteiger partial charge in [0.25, 0.3) is 0 Å². The molecule has 2 aromatic rings. The van der Waals surface area contributed by atoms with Gasteiger partial charge in [0.05, 0.1) is 17.8 Å². The monoisotopic (exact) mass is 249 g/mol. The van der Waals surface area contributed by atoms with Crippen LogP contribution in [0.1, 0.15) is 11.1 Å². The van der Waals surface area contributed by atoms with Crippen molar-refractivity contribution in [2.45, 2.75) is 17.7 Å². The Hall–Kier alpha value is -1.13. The Kier molecular flexibility index (Phi) is 2.76. The Bertz CT molecular complexity index is 562. The number of thioether (sulfide) groups is 1. The van der Waals surface area contributed by atoms with Crippen molar-refractivity contribution < 1.29 is 9.15 Å². The zero-order valence-electron chi connectivity index (χ0n) is 9.79. The molecule has 1 aliphatic heterocycles. The van der Waals surface area contributed by atoms with Gasteiger partial charge in [-0.05, 0) is 25.3 Å². The van der Waals surface area contributed by atoms with Crippen molar-refractivity contribution in [3.05, 3.63) is 23.5 Å². The van der Waals surface area contributed by atoms with Crippen LogP contribution in [0.25, 0.3) is 11.0 Å². The second-order valence-electron chi connectivity index (χ2n) is 4.12. The van der Waals surface area contributed by atoms with E-state index in [4.69, 9.17) is 14.9 Å². The first-order valence-corrected chi connectivity index (χ1v) is 7.01. The first kappa shape index (κ1) is 11.0. The van der Waals surface area contributed by atoms with Gasteiger partial charge in [0.2, 0.25) is 0 Å². The molecule has 2 N–H and O–H groups in total. The van der Waals surface area contributed by atoms with Gasteiger partial charge in [0.1, 0.15) is 11.3 Å². The number of ether oxygens (including phenoxy) is 1. The molecule has 1 aliphatic rings. The Morgan fingerprint density at radius 2 is 2.35 bits per heavy atom. The lowest BCUT2D eigenvalue weighted by Gasteiger charge is -2.11. The molecule has 0 radical (unpaired) electrons. The van der Waals surface area contributed by atoms with Crippen LogP contribution in [0.15, 0.2) is 21.6 Å². The lowest BCUT2D eigenvalue weighted by atomic mass is 10.0. The topological polar surface area (TPSA) is 48.4 Å². The molecule has 2 heterocycles. The molecule has 0 spiro atoms. The lowest BCUT2D eigenvalue weighted by Crippen LogP contribution is -2.05. The van der Waals surface area contributed by atoms with Crippen LogP contribution in [0.4, 0.5) is 0 Å². The second-order valence-corrected chi connectivity index (χ2v) is 4.94. The number of nitrogens with two attached hydrogens (primary N) is 1. The largest absolute Gasteiger partial charge is 0.493 e. The molecule has 1 aromatic heterocycles. The Balaban J connectivity index is 2.35. The SMILES string of the molecule is CSc1c2c(c(CCN)c3ccoc13)OCC2. The lowest BCUT2D eigenvalue weighted by molar-refractivity contribution is 0.354. The first-order chi connectivity index (χ1) is 8.36. The average Bonchev–Trinajstić information content (AvgIpc) is 2.96. The van der Waals surface area contributed by atoms with Crippen LogP contribution in [-0.4, -0.2) is 19.4 Å². The van der Waals surface area contributed by atoms with Crippen LogP contribution in [0, 0.1) is 0 Å². The molecule has 0 saturated heterocycles. The van der Waals surface area contributed by atoms with E-state index in [9.17, 15) is 0 Å². The van der Waals surface area contributed by atoms with Gasteiger partial charge >= 0.3 is 0 Å². The summed E-state index contributed by atoms with van der Waals surface area (Å²) in [6, 6.07) is 2.02. The number of hydrogen-bond acceptors (Lipinski definition) is 4. The van der Waals surface area contributed by atoms with Gasteiger partial charge in [-0.3, -0.25) is 0 Å². The maximum absolute atomic E-state index is 5.79. The molecule has 3 nitrogen and oxygen atoms in total. The van der Waals surface area contributed by atoms with Crippen molar-refractivity contribution in [2.24, 2.45) is 5.73 Å². The van der Waals surface area contributed by atoms with Gasteiger partial charge in [-0.15, -0.1) is 11.8 Å². The number of rotatable bonds is 3. The molecule has 3 rings (SSSR count). The summed E-state index contributed by atoms with van der Waals surface area (Å²) < 4.78 is 11.4. The van der Waals surface area contributed by atoms with E-state index in [2.05, 4.69) is 6.26 Å². The molecule has 0 atom stereocenters. The number of fused-ring (bicyclic) bond motifs is 2. The van der Waals surface area contributed by atoms with Gasteiger partial charge in [-0.2, -0.15) is 0 Å². The van der Waals surface area contributed by atoms with Crippen LogP contribution in [0.2, 0.25) is 0 Å². The summed E-state index contributed by atoms with van der Waals surface area (Å²) in [5, 5.41) is 1.15. The first-order valence-electron chi connectivity index (χ1n) is 5.78. The van der Waals surface area contributed by atoms with E-state index in [1.807, 2.05) is 6.07 Å². The predicted octanol–water partition coefficient (Wildman–Crippen LogP) is 2.59. The molecule has 17 heavy (non-hydrogen) atoms. The molecule has 0 aliphatic carbocycles. The number of hydrogen-bond donors (Lipinski definition) is 1. The highest BCUT2D eigenvalue weighted by Crippen LogP contribution is 2.43. The van der Waals surface area contributed by atoms with E-state index in [-0.39, 0.29) is 0 Å². The average molecular weight is 249 g/mol. The van der Waals surface area contributed by atoms with Gasteiger partial charge in [-0.1, -0.05) is 0 Å². The molecule has 0 saturated carbocycles. The van der Waals surface area contributed by atoms with Gasteiger partial charge < -0.3 is 14.9 Å². The Morgan fingerprint density at radius 1 is 1.47 bits per heavy atom. The number of benzene rings is 1. The molecular formula is C13H15NO2S. The van der Waals surface area contributed by atoms with E-state index in [0.29, 0.717) is 6.54 Å². The quantitative estimate of drug-likeness (QED) is 0.849. The fraction of sp³-hybridized carbons (Fsp3) is 0.385. The molecule has 0 unspecified atom stereocenters. The maximum Gasteiger partial charge on any atom is 0.148 e. The van der Waals surface area contributed by atoms with E-state index in [1.165, 1.54) is 16.0 Å². The van der Waals surface area contributed by atoms with E-state index >= 15 is 0 Å². The molecule has 0 fully saturated rings. The second kappa shape index (κ2) is 4.27. The molecule has 0 amide bonds. The molecule has 4 heteroatoms. The summed E-state index contributed by atoms with van der Waals surface area (Å²) in [6.07, 6.45) is 5.64. The highest BCUT2D eigenvalue weighted by molar-refractivity contribution is 7.98. The summed E-state index contributed by atoms with van der Waals surface area (Å²) in [5.74, 6) is 1.05. The molecular weight excluding hydrogens is 234 g/mol. The van der Waals surface area contributed by atoms with E-state index in [0.717, 1.165) is 36.2 Å². The molecule has 0 bridgehead atoms. The highest BCUT2D eigenvalue weighted by Gasteiger charge is 2.25. The normalized spacial score (nSPS) is 14.0. The predicted molar refractivity (Wildman–Crippen MR) is 70.0 cm³/mol. The molecule has 90 valence electrons. The third-order valence-electron chi connectivity index (χ3n) is 3.22. The van der Waals surface area contributed by atoms with Crippen LogP contribution in [0.5, 0.6) is 5.75 Å². The van der Waals surface area contributed by atoms with Crippen molar-refractivity contribution in [2.75, 3.05) is 19.4 Å². The third kappa shape index (κ3) is 1.55. The van der Waals surface area contributed by atoms with Crippen LogP contribution in [-0.2, 0) is 12.8 Å². The van der Waals surface area contributed by atoms with Gasteiger partial charge in [0.15, 0.2) is 0 Å². The smallest absolute Gasteiger partial charge is 0.148 e. The van der Waals surface area contributed by atoms with Crippen LogP contribution < -0.4 is 10.5 Å². The fourth-order valence-corrected chi connectivity index (χ4v) is 3.32. The minimum Gasteiger partial charge on any atom is -0.493 e. The standard InChI is InChI=1S/C13H15NO2S/c1-17-13-10-4-7-15-11(10)8(2-5-14)9-3-6-16-12(9)13/h3,6H,2,4-5,7,14H2,1H3. The molecule has 1 aromatic carbocycles. The van der Waals surface area contributed by atoms with Crippen molar-refractivity contribution >= 4 is 22.7 Å². The van der Waals surface area contributed by atoms with Gasteiger partial charge in [-0.25, -0.2) is 0 Å². The third-order valence-corrected chi connectivity index (χ3v) is 4.06. The summed E-state index contributed by atoms with van der Waals surface area (Å²) >= 11 is 1.73. The summed E-state index contributed by atoms with van der Waals surface area (Å²) in [6.45, 7) is 1.40. The van der Waals surface area contributed by atoms with Crippen molar-refractivity contribution in [1.82, 2.24) is 0 Å². The summed E-state index contributed by atoms with van der Waals surface area (Å²) in [5.41, 5.74) is 9.19. The Labute approximate surface area is 104 Å². The van der Waals surface area contributed by atoms with E-state index in [1.54, 1.807) is 18.0 Å². The van der Waals surface area contributed by atoms with Crippen molar-refractivity contribution in [3.8, 4) is 5.75 Å². The van der Waals surface area contributed by atoms with Crippen LogP contribution >= 0.6 is 11.8 Å². The fourth-order valence-electron chi connectivity index (χ4n) is 2.53. The summed E-state index contributed by atoms with van der Waals surface area (Å²) in [7, 11) is 0. The zero-order valence-corrected chi connectivity index (χ0v) is 10.6. The summed E-state index contributed by atoms with van der Waals surface area (Å²) in [4.78, 5) is 1.22. The van der Waals surface area contributed by atoms with E-state index < -0.39 is 0 Å². The highest BCUT2D eigenvalue weighted by atomic mass is 32.2. The minimum absolute atomic E-state index is 0.634. The number of furan rings is 1. The zero-order chi connectivity index (χ0) is 11.8. The maximum atomic E-state index is 5.79. The minimum atomic E-state index is 0.634. The van der Waals surface area contributed by atoms with Gasteiger partial charge in [0, 0.05) is 22.9 Å². The Morgan fingerprint density at radius 3 is 3.12 bits per heavy atom. The van der Waals surface area contributed by atoms with Crippen LogP contribution in [0.3, 0.4) is 0 Å². The van der Waals surface area contributed by atoms with Crippen molar-refractivity contribution in [1.29, 1.82) is 0 Å². The van der Waals surface area contributed by atoms with Crippen molar-refractivity contribution in [3.63, 3.8) is 0 Å².